The van der Waals surface area contributed by atoms with E-state index in [9.17, 15) is 10.2 Å². The van der Waals surface area contributed by atoms with Gasteiger partial charge in [-0.3, -0.25) is 0 Å². The maximum atomic E-state index is 9.97. The van der Waals surface area contributed by atoms with Gasteiger partial charge in [0.1, 0.15) is 6.10 Å². The van der Waals surface area contributed by atoms with Gasteiger partial charge in [-0.05, 0) is 29.1 Å². The number of halogens is 1. The van der Waals surface area contributed by atoms with Crippen molar-refractivity contribution in [2.45, 2.75) is 12.2 Å². The van der Waals surface area contributed by atoms with Gasteiger partial charge in [-0.2, -0.15) is 0 Å². The lowest BCUT2D eigenvalue weighted by Gasteiger charge is -2.17. The Hall–Kier alpha value is -1.72. The van der Waals surface area contributed by atoms with Crippen LogP contribution in [0.5, 0.6) is 0 Å². The number of benzene rings is 1. The summed E-state index contributed by atoms with van der Waals surface area (Å²) in [5.41, 5.74) is 9.43. The highest BCUT2D eigenvalue weighted by Gasteiger charge is 2.20. The van der Waals surface area contributed by atoms with Gasteiger partial charge in [0.05, 0.1) is 12.6 Å². The van der Waals surface area contributed by atoms with Gasteiger partial charge < -0.3 is 15.2 Å². The first kappa shape index (κ1) is 12.7. The van der Waals surface area contributed by atoms with E-state index in [-0.39, 0.29) is 6.54 Å². The van der Waals surface area contributed by atoms with Crippen LogP contribution in [-0.4, -0.2) is 27.8 Å². The second-order valence-corrected chi connectivity index (χ2v) is 4.27. The average Bonchev–Trinajstić information content (AvgIpc) is 2.81. The molecule has 0 amide bonds. The van der Waals surface area contributed by atoms with Gasteiger partial charge in [0.25, 0.3) is 0 Å². The van der Waals surface area contributed by atoms with Crippen molar-refractivity contribution in [3.8, 4) is 0 Å². The molecule has 1 heterocycles. The fourth-order valence-corrected chi connectivity index (χ4v) is 2.02. The van der Waals surface area contributed by atoms with E-state index < -0.39 is 12.2 Å². The summed E-state index contributed by atoms with van der Waals surface area (Å²) in [6, 6.07) is 5.20. The highest BCUT2D eigenvalue weighted by molar-refractivity contribution is 6.32. The zero-order valence-corrected chi connectivity index (χ0v) is 10.0. The van der Waals surface area contributed by atoms with Crippen molar-refractivity contribution in [1.82, 2.24) is 4.98 Å². The van der Waals surface area contributed by atoms with Crippen molar-refractivity contribution in [2.75, 3.05) is 6.54 Å². The van der Waals surface area contributed by atoms with Gasteiger partial charge in [0, 0.05) is 27.2 Å². The number of nitrogens with zero attached hydrogens (tertiary/aromatic N) is 3. The third-order valence-corrected chi connectivity index (χ3v) is 3.01. The first-order chi connectivity index (χ1) is 8.63. The molecule has 18 heavy (non-hydrogen) atoms. The summed E-state index contributed by atoms with van der Waals surface area (Å²) in [6.45, 7) is -0.209. The molecule has 1 aromatic heterocycles. The van der Waals surface area contributed by atoms with Crippen molar-refractivity contribution < 1.29 is 10.2 Å². The monoisotopic (exact) mass is 266 g/mol. The molecule has 0 bridgehead atoms. The molecule has 1 aromatic carbocycles. The molecule has 7 heteroatoms. The second-order valence-electron chi connectivity index (χ2n) is 3.86. The molecule has 0 fully saturated rings. The molecule has 0 spiro atoms. The number of aliphatic hydroxyl groups excluding tert-OH is 2. The van der Waals surface area contributed by atoms with Crippen LogP contribution >= 0.6 is 11.6 Å². The lowest BCUT2D eigenvalue weighted by Crippen LogP contribution is -2.21. The molecule has 0 aliphatic heterocycles. The van der Waals surface area contributed by atoms with Crippen molar-refractivity contribution in [2.24, 2.45) is 5.11 Å². The van der Waals surface area contributed by atoms with Gasteiger partial charge in [0.15, 0.2) is 0 Å². The van der Waals surface area contributed by atoms with E-state index in [0.29, 0.717) is 10.6 Å². The van der Waals surface area contributed by atoms with Crippen LogP contribution in [0.4, 0.5) is 0 Å². The number of hydrogen-bond donors (Lipinski definition) is 3. The third-order valence-electron chi connectivity index (χ3n) is 2.69. The Morgan fingerprint density at radius 1 is 1.44 bits per heavy atom. The predicted molar refractivity (Wildman–Crippen MR) is 68.3 cm³/mol. The number of hydrogen-bond acceptors (Lipinski definition) is 3. The standard InChI is InChI=1S/C11H11ClN4O2/c12-8-4-9-6(1-2-14-9)3-7(8)11(18)10(17)5-15-16-13/h1-4,10-11,14,17-18H,5H2. The van der Waals surface area contributed by atoms with Crippen LogP contribution in [-0.2, 0) is 0 Å². The number of H-pyrrole nitrogens is 1. The summed E-state index contributed by atoms with van der Waals surface area (Å²) in [7, 11) is 0. The van der Waals surface area contributed by atoms with Crippen LogP contribution in [0.1, 0.15) is 11.7 Å². The SMILES string of the molecule is [N-]=[N+]=NCC(O)C(O)c1cc2cc[nH]c2cc1Cl. The lowest BCUT2D eigenvalue weighted by molar-refractivity contribution is 0.0245. The van der Waals surface area contributed by atoms with Gasteiger partial charge in [-0.25, -0.2) is 0 Å². The van der Waals surface area contributed by atoms with E-state index >= 15 is 0 Å². The zero-order valence-electron chi connectivity index (χ0n) is 9.29. The van der Waals surface area contributed by atoms with Crippen molar-refractivity contribution in [3.05, 3.63) is 45.4 Å². The molecule has 0 saturated heterocycles. The number of aliphatic hydroxyl groups is 2. The molecular weight excluding hydrogens is 256 g/mol. The van der Waals surface area contributed by atoms with E-state index in [2.05, 4.69) is 15.0 Å². The molecule has 3 N–H and O–H groups in total. The molecule has 0 aliphatic rings. The Bertz CT molecular complexity index is 606. The van der Waals surface area contributed by atoms with Gasteiger partial charge in [-0.1, -0.05) is 16.7 Å². The maximum Gasteiger partial charge on any atom is 0.106 e. The molecule has 2 aromatic rings. The van der Waals surface area contributed by atoms with E-state index in [1.54, 1.807) is 18.3 Å². The number of nitrogens with one attached hydrogen (secondary N) is 1. The summed E-state index contributed by atoms with van der Waals surface area (Å²) < 4.78 is 0. The number of azide groups is 1. The average molecular weight is 267 g/mol. The number of aromatic nitrogens is 1. The van der Waals surface area contributed by atoms with Crippen LogP contribution < -0.4 is 0 Å². The minimum absolute atomic E-state index is 0.209. The summed E-state index contributed by atoms with van der Waals surface area (Å²) in [5, 5.41) is 24.1. The van der Waals surface area contributed by atoms with E-state index in [4.69, 9.17) is 17.1 Å². The molecule has 0 radical (unpaired) electrons. The summed E-state index contributed by atoms with van der Waals surface area (Å²) in [6.07, 6.45) is -0.620. The molecular formula is C11H11ClN4O2. The first-order valence-corrected chi connectivity index (χ1v) is 5.65. The minimum atomic E-state index is -1.19. The van der Waals surface area contributed by atoms with Gasteiger partial charge in [-0.15, -0.1) is 0 Å². The van der Waals surface area contributed by atoms with Crippen LogP contribution in [0.15, 0.2) is 29.5 Å². The summed E-state index contributed by atoms with van der Waals surface area (Å²) in [5.74, 6) is 0. The number of aromatic amines is 1. The second kappa shape index (κ2) is 5.29. The van der Waals surface area contributed by atoms with Gasteiger partial charge >= 0.3 is 0 Å². The van der Waals surface area contributed by atoms with Gasteiger partial charge in [0.2, 0.25) is 0 Å². The van der Waals surface area contributed by atoms with Crippen LogP contribution in [0, 0.1) is 0 Å². The predicted octanol–water partition coefficient (Wildman–Crippen LogP) is 2.53. The molecule has 0 aliphatic carbocycles. The maximum absolute atomic E-state index is 9.97. The largest absolute Gasteiger partial charge is 0.390 e. The highest BCUT2D eigenvalue weighted by Crippen LogP contribution is 2.29. The molecule has 0 saturated carbocycles. The van der Waals surface area contributed by atoms with E-state index in [0.717, 1.165) is 10.9 Å². The first-order valence-electron chi connectivity index (χ1n) is 5.27. The summed E-state index contributed by atoms with van der Waals surface area (Å²) in [4.78, 5) is 5.53. The van der Waals surface area contributed by atoms with Crippen LogP contribution in [0.25, 0.3) is 21.3 Å². The van der Waals surface area contributed by atoms with E-state index in [1.165, 1.54) is 0 Å². The molecule has 6 nitrogen and oxygen atoms in total. The topological polar surface area (TPSA) is 105 Å². The van der Waals surface area contributed by atoms with Crippen LogP contribution in [0.3, 0.4) is 0 Å². The number of rotatable bonds is 4. The normalized spacial score (nSPS) is 14.2. The summed E-state index contributed by atoms with van der Waals surface area (Å²) >= 11 is 6.04. The van der Waals surface area contributed by atoms with Crippen molar-refractivity contribution in [3.63, 3.8) is 0 Å². The van der Waals surface area contributed by atoms with Crippen molar-refractivity contribution in [1.29, 1.82) is 0 Å². The highest BCUT2D eigenvalue weighted by atomic mass is 35.5. The Labute approximate surface area is 107 Å². The Kier molecular flexibility index (Phi) is 3.74. The lowest BCUT2D eigenvalue weighted by atomic mass is 10.0. The van der Waals surface area contributed by atoms with Crippen LogP contribution in [0.2, 0.25) is 5.02 Å². The molecule has 2 unspecified atom stereocenters. The molecule has 2 rings (SSSR count). The Morgan fingerprint density at radius 2 is 2.22 bits per heavy atom. The van der Waals surface area contributed by atoms with E-state index in [1.807, 2.05) is 6.07 Å². The zero-order chi connectivity index (χ0) is 13.1. The quantitative estimate of drug-likeness (QED) is 0.449. The Morgan fingerprint density at radius 3 is 2.94 bits per heavy atom. The fraction of sp³-hybridized carbons (Fsp3) is 0.273. The number of fused-ring (bicyclic) bond motifs is 1. The molecule has 2 atom stereocenters. The minimum Gasteiger partial charge on any atom is -0.390 e. The molecule has 94 valence electrons. The third kappa shape index (κ3) is 2.42. The smallest absolute Gasteiger partial charge is 0.106 e. The van der Waals surface area contributed by atoms with Crippen molar-refractivity contribution >= 4 is 22.5 Å². The Balaban J connectivity index is 2.33. The fourth-order valence-electron chi connectivity index (χ4n) is 1.75.